The van der Waals surface area contributed by atoms with Crippen molar-refractivity contribution in [3.05, 3.63) is 0 Å². The molecule has 0 aromatic carbocycles. The molecule has 1 heterocycles. The summed E-state index contributed by atoms with van der Waals surface area (Å²) >= 11 is 0. The molecular formula is C17H28O3. The van der Waals surface area contributed by atoms with Gasteiger partial charge in [0.15, 0.2) is 0 Å². The maximum absolute atomic E-state index is 12.0. The number of rotatable bonds is 1. The van der Waals surface area contributed by atoms with E-state index in [4.69, 9.17) is 4.74 Å². The molecule has 3 rings (SSSR count). The van der Waals surface area contributed by atoms with E-state index in [1.165, 1.54) is 6.42 Å². The summed E-state index contributed by atoms with van der Waals surface area (Å²) in [4.78, 5) is 12.0. The Bertz CT molecular complexity index is 444. The molecule has 2 saturated carbocycles. The van der Waals surface area contributed by atoms with E-state index < -0.39 is 11.2 Å². The molecule has 4 atom stereocenters. The van der Waals surface area contributed by atoms with Crippen molar-refractivity contribution in [2.24, 2.45) is 16.7 Å². The Morgan fingerprint density at radius 3 is 2.60 bits per heavy atom. The third kappa shape index (κ3) is 1.48. The Labute approximate surface area is 122 Å². The van der Waals surface area contributed by atoms with Crippen LogP contribution < -0.4 is 0 Å². The first-order valence-electron chi connectivity index (χ1n) is 8.15. The van der Waals surface area contributed by atoms with Crippen LogP contribution in [0.1, 0.15) is 72.6 Å². The predicted octanol–water partition coefficient (Wildman–Crippen LogP) is 3.44. The van der Waals surface area contributed by atoms with E-state index in [1.54, 1.807) is 0 Å². The van der Waals surface area contributed by atoms with Gasteiger partial charge in [-0.25, -0.2) is 0 Å². The van der Waals surface area contributed by atoms with E-state index in [-0.39, 0.29) is 23.2 Å². The van der Waals surface area contributed by atoms with Crippen LogP contribution in [0.25, 0.3) is 0 Å². The SMILES string of the molecule is CCC12CCC3C(C)(C)CCCC3(C)C1(O)CC(=O)O2. The van der Waals surface area contributed by atoms with Crippen molar-refractivity contribution in [2.45, 2.75) is 83.8 Å². The number of fused-ring (bicyclic) bond motifs is 3. The second-order valence-electron chi connectivity index (χ2n) is 8.21. The zero-order valence-corrected chi connectivity index (χ0v) is 13.3. The molecule has 0 spiro atoms. The van der Waals surface area contributed by atoms with Crippen molar-refractivity contribution in [3.8, 4) is 0 Å². The van der Waals surface area contributed by atoms with Gasteiger partial charge < -0.3 is 9.84 Å². The fourth-order valence-electron chi connectivity index (χ4n) is 5.93. The van der Waals surface area contributed by atoms with Crippen molar-refractivity contribution < 1.29 is 14.6 Å². The Balaban J connectivity index is 2.11. The van der Waals surface area contributed by atoms with Crippen LogP contribution >= 0.6 is 0 Å². The minimum absolute atomic E-state index is 0.184. The number of carbonyl (C=O) groups excluding carboxylic acids is 1. The van der Waals surface area contributed by atoms with E-state index in [1.807, 2.05) is 6.92 Å². The molecule has 0 amide bonds. The Kier molecular flexibility index (Phi) is 2.87. The van der Waals surface area contributed by atoms with Gasteiger partial charge in [-0.15, -0.1) is 0 Å². The maximum Gasteiger partial charge on any atom is 0.309 e. The molecule has 20 heavy (non-hydrogen) atoms. The van der Waals surface area contributed by atoms with E-state index in [9.17, 15) is 9.90 Å². The van der Waals surface area contributed by atoms with Crippen molar-refractivity contribution in [1.29, 1.82) is 0 Å². The number of ether oxygens (including phenoxy) is 1. The summed E-state index contributed by atoms with van der Waals surface area (Å²) in [6.07, 6.45) is 6.15. The highest BCUT2D eigenvalue weighted by molar-refractivity contribution is 5.75. The lowest BCUT2D eigenvalue weighted by atomic mass is 9.43. The smallest absolute Gasteiger partial charge is 0.309 e. The molecule has 1 N–H and O–H groups in total. The van der Waals surface area contributed by atoms with Crippen LogP contribution in [0.5, 0.6) is 0 Å². The predicted molar refractivity (Wildman–Crippen MR) is 77.1 cm³/mol. The highest BCUT2D eigenvalue weighted by Gasteiger charge is 2.72. The molecule has 4 unspecified atom stereocenters. The molecular weight excluding hydrogens is 252 g/mol. The van der Waals surface area contributed by atoms with Crippen molar-refractivity contribution in [3.63, 3.8) is 0 Å². The topological polar surface area (TPSA) is 46.5 Å². The van der Waals surface area contributed by atoms with Crippen molar-refractivity contribution in [2.75, 3.05) is 0 Å². The van der Waals surface area contributed by atoms with Gasteiger partial charge in [-0.3, -0.25) is 4.79 Å². The van der Waals surface area contributed by atoms with Gasteiger partial charge in [0, 0.05) is 5.41 Å². The Morgan fingerprint density at radius 1 is 1.25 bits per heavy atom. The van der Waals surface area contributed by atoms with Crippen LogP contribution in [0.4, 0.5) is 0 Å². The molecule has 0 radical (unpaired) electrons. The Morgan fingerprint density at radius 2 is 1.95 bits per heavy atom. The molecule has 0 bridgehead atoms. The summed E-state index contributed by atoms with van der Waals surface area (Å²) in [6, 6.07) is 0. The van der Waals surface area contributed by atoms with Crippen LogP contribution in [-0.4, -0.2) is 22.3 Å². The van der Waals surface area contributed by atoms with Gasteiger partial charge in [-0.2, -0.15) is 0 Å². The number of carbonyl (C=O) groups is 1. The molecule has 114 valence electrons. The number of hydrogen-bond acceptors (Lipinski definition) is 3. The van der Waals surface area contributed by atoms with Crippen LogP contribution in [-0.2, 0) is 9.53 Å². The highest BCUT2D eigenvalue weighted by atomic mass is 16.6. The van der Waals surface area contributed by atoms with Crippen LogP contribution in [0.2, 0.25) is 0 Å². The normalized spacial score (nSPS) is 50.2. The van der Waals surface area contributed by atoms with Gasteiger partial charge >= 0.3 is 5.97 Å². The van der Waals surface area contributed by atoms with E-state index in [0.717, 1.165) is 32.1 Å². The summed E-state index contributed by atoms with van der Waals surface area (Å²) in [7, 11) is 0. The first-order chi connectivity index (χ1) is 9.21. The first kappa shape index (κ1) is 14.4. The Hall–Kier alpha value is -0.570. The lowest BCUT2D eigenvalue weighted by Gasteiger charge is -2.63. The average molecular weight is 280 g/mol. The van der Waals surface area contributed by atoms with Gasteiger partial charge in [-0.1, -0.05) is 34.1 Å². The van der Waals surface area contributed by atoms with E-state index in [2.05, 4.69) is 20.8 Å². The van der Waals surface area contributed by atoms with Gasteiger partial charge in [0.2, 0.25) is 0 Å². The monoisotopic (exact) mass is 280 g/mol. The van der Waals surface area contributed by atoms with Crippen molar-refractivity contribution >= 4 is 5.97 Å². The third-order valence-electron chi connectivity index (χ3n) is 7.05. The molecule has 1 aliphatic heterocycles. The van der Waals surface area contributed by atoms with Gasteiger partial charge in [-0.05, 0) is 43.4 Å². The maximum atomic E-state index is 12.0. The third-order valence-corrected chi connectivity index (χ3v) is 7.05. The zero-order valence-electron chi connectivity index (χ0n) is 13.3. The highest BCUT2D eigenvalue weighted by Crippen LogP contribution is 2.67. The number of esters is 1. The summed E-state index contributed by atoms with van der Waals surface area (Å²) in [5, 5.41) is 11.6. The molecule has 1 saturated heterocycles. The average Bonchev–Trinajstić information content (AvgIpc) is 2.61. The molecule has 3 aliphatic rings. The summed E-state index contributed by atoms with van der Waals surface area (Å²) in [6.45, 7) is 8.91. The van der Waals surface area contributed by atoms with Gasteiger partial charge in [0.1, 0.15) is 11.2 Å². The van der Waals surface area contributed by atoms with Crippen molar-refractivity contribution in [1.82, 2.24) is 0 Å². The number of hydrogen-bond donors (Lipinski definition) is 1. The first-order valence-corrected chi connectivity index (χ1v) is 8.15. The summed E-state index contributed by atoms with van der Waals surface area (Å²) in [5.41, 5.74) is -1.57. The largest absolute Gasteiger partial charge is 0.456 e. The van der Waals surface area contributed by atoms with Gasteiger partial charge in [0.25, 0.3) is 0 Å². The molecule has 2 aliphatic carbocycles. The van der Waals surface area contributed by atoms with Crippen LogP contribution in [0.3, 0.4) is 0 Å². The number of aliphatic hydroxyl groups is 1. The molecule has 0 aromatic heterocycles. The second-order valence-corrected chi connectivity index (χ2v) is 8.21. The lowest BCUT2D eigenvalue weighted by Crippen LogP contribution is -2.68. The lowest BCUT2D eigenvalue weighted by molar-refractivity contribution is -0.252. The van der Waals surface area contributed by atoms with Gasteiger partial charge in [0.05, 0.1) is 6.42 Å². The van der Waals surface area contributed by atoms with E-state index in [0.29, 0.717) is 5.92 Å². The molecule has 3 nitrogen and oxygen atoms in total. The summed E-state index contributed by atoms with van der Waals surface area (Å²) in [5.74, 6) is 0.266. The molecule has 3 heteroatoms. The van der Waals surface area contributed by atoms with Crippen LogP contribution in [0.15, 0.2) is 0 Å². The van der Waals surface area contributed by atoms with E-state index >= 15 is 0 Å². The zero-order chi connectivity index (χ0) is 14.8. The minimum atomic E-state index is -0.980. The van der Waals surface area contributed by atoms with Crippen LogP contribution in [0, 0.1) is 16.7 Å². The summed E-state index contributed by atoms with van der Waals surface area (Å²) < 4.78 is 5.70. The fraction of sp³-hybridized carbons (Fsp3) is 0.941. The minimum Gasteiger partial charge on any atom is -0.456 e. The molecule has 3 fully saturated rings. The quantitative estimate of drug-likeness (QED) is 0.748. The standard InChI is InChI=1S/C17H28O3/c1-5-16-10-7-12-14(2,3)8-6-9-15(12,4)17(16,19)11-13(18)20-16/h12,19H,5-11H2,1-4H3. The second kappa shape index (κ2) is 4.00. The molecule has 0 aromatic rings. The fourth-order valence-corrected chi connectivity index (χ4v) is 5.93.